The van der Waals surface area contributed by atoms with E-state index in [1.54, 1.807) is 6.07 Å². The van der Waals surface area contributed by atoms with Crippen LogP contribution in [0.15, 0.2) is 23.4 Å². The third kappa shape index (κ3) is 4.54. The highest BCUT2D eigenvalue weighted by molar-refractivity contribution is 7.89. The first kappa shape index (κ1) is 17.1. The molecule has 1 N–H and O–H groups in total. The smallest absolute Gasteiger partial charge is 0.260 e. The van der Waals surface area contributed by atoms with Crippen LogP contribution in [0.3, 0.4) is 0 Å². The lowest BCUT2D eigenvalue weighted by Gasteiger charge is -2.25. The number of sulfonamides is 1. The van der Waals surface area contributed by atoms with Gasteiger partial charge in [0.1, 0.15) is 0 Å². The van der Waals surface area contributed by atoms with E-state index in [0.29, 0.717) is 18.7 Å². The van der Waals surface area contributed by atoms with E-state index < -0.39 is 10.0 Å². The van der Waals surface area contributed by atoms with Crippen molar-refractivity contribution in [3.8, 4) is 0 Å². The van der Waals surface area contributed by atoms with Gasteiger partial charge in [-0.3, -0.25) is 0 Å². The van der Waals surface area contributed by atoms with Crippen molar-refractivity contribution in [3.63, 3.8) is 0 Å². The van der Waals surface area contributed by atoms with Gasteiger partial charge in [-0.05, 0) is 23.5 Å². The zero-order chi connectivity index (χ0) is 15.3. The highest BCUT2D eigenvalue weighted by Gasteiger charge is 2.26. The molecule has 114 valence electrons. The molecular formula is C14H24N2O3S. The minimum absolute atomic E-state index is 0.0380. The molecule has 1 aromatic heterocycles. The van der Waals surface area contributed by atoms with Crippen molar-refractivity contribution in [1.29, 1.82) is 0 Å². The first-order valence-electron chi connectivity index (χ1n) is 6.83. The molecule has 0 aliphatic rings. The molecule has 0 atom stereocenters. The molecule has 0 aromatic carbocycles. The van der Waals surface area contributed by atoms with Crippen LogP contribution in [-0.2, 0) is 16.6 Å². The van der Waals surface area contributed by atoms with Gasteiger partial charge in [-0.2, -0.15) is 4.31 Å². The van der Waals surface area contributed by atoms with Crippen LogP contribution >= 0.6 is 0 Å². The summed E-state index contributed by atoms with van der Waals surface area (Å²) in [5, 5.41) is 9.02. The molecule has 0 bridgehead atoms. The molecule has 0 saturated heterocycles. The summed E-state index contributed by atoms with van der Waals surface area (Å²) in [4.78, 5) is 3.97. The fourth-order valence-electron chi connectivity index (χ4n) is 1.87. The van der Waals surface area contributed by atoms with E-state index in [9.17, 15) is 8.42 Å². The van der Waals surface area contributed by atoms with Gasteiger partial charge < -0.3 is 5.11 Å². The molecule has 6 heteroatoms. The Kier molecular flexibility index (Phi) is 6.10. The third-order valence-electron chi connectivity index (χ3n) is 2.72. The summed E-state index contributed by atoms with van der Waals surface area (Å²) in [6.07, 6.45) is 1.40. The van der Waals surface area contributed by atoms with Gasteiger partial charge in [0.15, 0.2) is 5.03 Å². The van der Waals surface area contributed by atoms with Crippen LogP contribution in [0.25, 0.3) is 0 Å². The lowest BCUT2D eigenvalue weighted by molar-refractivity contribution is 0.281. The number of pyridine rings is 1. The highest BCUT2D eigenvalue weighted by Crippen LogP contribution is 2.17. The second-order valence-electron chi connectivity index (χ2n) is 5.77. The first-order valence-corrected chi connectivity index (χ1v) is 8.27. The van der Waals surface area contributed by atoms with Gasteiger partial charge in [0.2, 0.25) is 0 Å². The van der Waals surface area contributed by atoms with Gasteiger partial charge in [-0.1, -0.05) is 33.8 Å². The van der Waals surface area contributed by atoms with Crippen LogP contribution in [-0.4, -0.2) is 35.9 Å². The Hall–Kier alpha value is -0.980. The van der Waals surface area contributed by atoms with Gasteiger partial charge in [-0.25, -0.2) is 13.4 Å². The Morgan fingerprint density at radius 1 is 1.15 bits per heavy atom. The summed E-state index contributed by atoms with van der Waals surface area (Å²) >= 11 is 0. The number of nitrogens with zero attached hydrogens (tertiary/aromatic N) is 2. The van der Waals surface area contributed by atoms with Gasteiger partial charge in [-0.15, -0.1) is 0 Å². The fraction of sp³-hybridized carbons (Fsp3) is 0.643. The summed E-state index contributed by atoms with van der Waals surface area (Å²) < 4.78 is 26.7. The van der Waals surface area contributed by atoms with Crippen LogP contribution in [0.1, 0.15) is 33.3 Å². The lowest BCUT2D eigenvalue weighted by Crippen LogP contribution is -2.37. The van der Waals surface area contributed by atoms with Crippen LogP contribution in [0.4, 0.5) is 0 Å². The quantitative estimate of drug-likeness (QED) is 0.834. The van der Waals surface area contributed by atoms with E-state index in [2.05, 4.69) is 4.98 Å². The number of aliphatic hydroxyl groups excluding tert-OH is 1. The molecule has 5 nitrogen and oxygen atoms in total. The zero-order valence-electron chi connectivity index (χ0n) is 12.6. The summed E-state index contributed by atoms with van der Waals surface area (Å²) in [5.74, 6) is 0.500. The summed E-state index contributed by atoms with van der Waals surface area (Å²) in [7, 11) is -3.58. The van der Waals surface area contributed by atoms with E-state index in [1.807, 2.05) is 27.7 Å². The average Bonchev–Trinajstić information content (AvgIpc) is 2.37. The normalized spacial score (nSPS) is 12.6. The van der Waals surface area contributed by atoms with Gasteiger partial charge >= 0.3 is 0 Å². The molecule has 0 fully saturated rings. The van der Waals surface area contributed by atoms with E-state index >= 15 is 0 Å². The number of aliphatic hydroxyl groups is 1. The molecule has 0 aliphatic carbocycles. The van der Waals surface area contributed by atoms with Crippen molar-refractivity contribution in [3.05, 3.63) is 23.9 Å². The number of hydrogen-bond acceptors (Lipinski definition) is 4. The predicted octanol–water partition coefficient (Wildman–Crippen LogP) is 1.88. The number of hydrogen-bond donors (Lipinski definition) is 1. The van der Waals surface area contributed by atoms with Crippen molar-refractivity contribution < 1.29 is 13.5 Å². The molecule has 0 radical (unpaired) electrons. The minimum Gasteiger partial charge on any atom is -0.392 e. The Bertz CT molecular complexity index is 500. The number of rotatable bonds is 7. The van der Waals surface area contributed by atoms with Gasteiger partial charge in [0, 0.05) is 19.3 Å². The van der Waals surface area contributed by atoms with Crippen molar-refractivity contribution >= 4 is 10.0 Å². The molecule has 0 saturated carbocycles. The molecule has 0 spiro atoms. The maximum atomic E-state index is 12.6. The molecule has 20 heavy (non-hydrogen) atoms. The average molecular weight is 300 g/mol. The van der Waals surface area contributed by atoms with Crippen molar-refractivity contribution in [1.82, 2.24) is 9.29 Å². The Morgan fingerprint density at radius 3 is 2.05 bits per heavy atom. The third-order valence-corrected chi connectivity index (χ3v) is 4.47. The van der Waals surface area contributed by atoms with Crippen LogP contribution in [0, 0.1) is 11.8 Å². The van der Waals surface area contributed by atoms with E-state index in [1.165, 1.54) is 16.6 Å². The van der Waals surface area contributed by atoms with Crippen LogP contribution in [0.2, 0.25) is 0 Å². The maximum absolute atomic E-state index is 12.6. The standard InChI is InChI=1S/C14H24N2O3S/c1-11(2)8-16(9-12(3)4)20(18,19)14-6-5-13(10-17)7-15-14/h5-7,11-12,17H,8-10H2,1-4H3. The first-order chi connectivity index (χ1) is 9.27. The number of aromatic nitrogens is 1. The largest absolute Gasteiger partial charge is 0.392 e. The molecule has 1 aromatic rings. The van der Waals surface area contributed by atoms with E-state index in [-0.39, 0.29) is 23.5 Å². The summed E-state index contributed by atoms with van der Waals surface area (Å²) in [6.45, 7) is 8.77. The summed E-state index contributed by atoms with van der Waals surface area (Å²) in [6, 6.07) is 3.04. The van der Waals surface area contributed by atoms with Crippen molar-refractivity contribution in [2.24, 2.45) is 11.8 Å². The second kappa shape index (κ2) is 7.15. The predicted molar refractivity (Wildman–Crippen MR) is 78.6 cm³/mol. The lowest BCUT2D eigenvalue weighted by atomic mass is 10.2. The van der Waals surface area contributed by atoms with Crippen molar-refractivity contribution in [2.45, 2.75) is 39.3 Å². The fourth-order valence-corrected chi connectivity index (χ4v) is 3.55. The Morgan fingerprint density at radius 2 is 1.70 bits per heavy atom. The Balaban J connectivity index is 3.07. The monoisotopic (exact) mass is 300 g/mol. The molecule has 0 unspecified atom stereocenters. The van der Waals surface area contributed by atoms with Gasteiger partial charge in [0.25, 0.3) is 10.0 Å². The zero-order valence-corrected chi connectivity index (χ0v) is 13.4. The molecule has 1 rings (SSSR count). The SMILES string of the molecule is CC(C)CN(CC(C)C)S(=O)(=O)c1ccc(CO)cn1. The van der Waals surface area contributed by atoms with E-state index in [4.69, 9.17) is 5.11 Å². The van der Waals surface area contributed by atoms with Gasteiger partial charge in [0.05, 0.1) is 6.61 Å². The molecule has 0 aliphatic heterocycles. The topological polar surface area (TPSA) is 70.5 Å². The van der Waals surface area contributed by atoms with Crippen LogP contribution in [0.5, 0.6) is 0 Å². The molecule has 0 amide bonds. The maximum Gasteiger partial charge on any atom is 0.260 e. The van der Waals surface area contributed by atoms with Crippen molar-refractivity contribution in [2.75, 3.05) is 13.1 Å². The minimum atomic E-state index is -3.58. The second-order valence-corrected chi connectivity index (χ2v) is 7.66. The molecule has 1 heterocycles. The molecular weight excluding hydrogens is 276 g/mol. The Labute approximate surface area is 121 Å². The van der Waals surface area contributed by atoms with E-state index in [0.717, 1.165) is 0 Å². The summed E-state index contributed by atoms with van der Waals surface area (Å²) in [5.41, 5.74) is 0.600. The van der Waals surface area contributed by atoms with Crippen LogP contribution < -0.4 is 0 Å². The highest BCUT2D eigenvalue weighted by atomic mass is 32.2.